The first kappa shape index (κ1) is 21.4. The molecule has 0 aromatic carbocycles. The fraction of sp³-hybridized carbons (Fsp3) is 0.435. The lowest BCUT2D eigenvalue weighted by atomic mass is 9.99. The highest BCUT2D eigenvalue weighted by Gasteiger charge is 2.38. The molecule has 1 atom stereocenters. The van der Waals surface area contributed by atoms with Crippen LogP contribution in [0, 0.1) is 19.8 Å². The van der Waals surface area contributed by atoms with Crippen molar-refractivity contribution in [2.24, 2.45) is 5.92 Å². The van der Waals surface area contributed by atoms with Gasteiger partial charge in [-0.25, -0.2) is 24.3 Å². The van der Waals surface area contributed by atoms with Crippen molar-refractivity contribution in [1.82, 2.24) is 29.2 Å². The van der Waals surface area contributed by atoms with Crippen LogP contribution in [0.25, 0.3) is 5.65 Å². The van der Waals surface area contributed by atoms with E-state index in [0.717, 1.165) is 49.0 Å². The van der Waals surface area contributed by atoms with E-state index in [1.807, 2.05) is 24.4 Å². The molecule has 1 N–H and O–H groups in total. The number of carbonyl (C=O) groups excluding carboxylic acids is 1. The summed E-state index contributed by atoms with van der Waals surface area (Å²) in [5.41, 5.74) is 1.34. The Morgan fingerprint density at radius 1 is 1.27 bits per heavy atom. The third kappa shape index (κ3) is 4.30. The molecule has 33 heavy (non-hydrogen) atoms. The van der Waals surface area contributed by atoms with Crippen molar-refractivity contribution in [3.63, 3.8) is 0 Å². The number of likely N-dealkylation sites (tertiary alicyclic amines) is 1. The lowest BCUT2D eigenvalue weighted by Crippen LogP contribution is -2.52. The lowest BCUT2D eigenvalue weighted by Gasteiger charge is -2.41. The predicted molar refractivity (Wildman–Crippen MR) is 123 cm³/mol. The van der Waals surface area contributed by atoms with E-state index < -0.39 is 5.67 Å². The van der Waals surface area contributed by atoms with Crippen molar-refractivity contribution in [2.45, 2.75) is 25.9 Å². The Morgan fingerprint density at radius 3 is 2.79 bits per heavy atom. The first-order valence-corrected chi connectivity index (χ1v) is 11.1. The smallest absolute Gasteiger partial charge is 0.277 e. The summed E-state index contributed by atoms with van der Waals surface area (Å²) in [7, 11) is 0. The molecule has 3 aromatic rings. The average Bonchev–Trinajstić information content (AvgIpc) is 3.33. The Hall–Kier alpha value is -3.40. The number of imidazole rings is 1. The number of anilines is 2. The molecule has 5 heterocycles. The van der Waals surface area contributed by atoms with E-state index in [2.05, 4.69) is 41.6 Å². The molecule has 0 saturated carbocycles. The van der Waals surface area contributed by atoms with Gasteiger partial charge in [-0.15, -0.1) is 0 Å². The zero-order chi connectivity index (χ0) is 23.2. The highest BCUT2D eigenvalue weighted by Crippen LogP contribution is 2.29. The van der Waals surface area contributed by atoms with Gasteiger partial charge in [-0.2, -0.15) is 0 Å². The number of aryl methyl sites for hydroxylation is 2. The maximum absolute atomic E-state index is 14.3. The summed E-state index contributed by atoms with van der Waals surface area (Å²) in [6.45, 7) is 11.1. The summed E-state index contributed by atoms with van der Waals surface area (Å²) < 4.78 is 16.1. The van der Waals surface area contributed by atoms with Gasteiger partial charge in [0.15, 0.2) is 5.65 Å². The first-order valence-electron chi connectivity index (χ1n) is 11.1. The Kier molecular flexibility index (Phi) is 5.32. The van der Waals surface area contributed by atoms with Crippen LogP contribution in [0.2, 0.25) is 0 Å². The monoisotopic (exact) mass is 450 g/mol. The molecular formula is C23H27FN8O. The second-order valence-electron chi connectivity index (χ2n) is 9.03. The summed E-state index contributed by atoms with van der Waals surface area (Å²) in [5.74, 6) is 1.26. The number of nitrogens with one attached hydrogen (secondary N) is 1. The normalized spacial score (nSPS) is 21.4. The highest BCUT2D eigenvalue weighted by molar-refractivity contribution is 6.02. The predicted octanol–water partition coefficient (Wildman–Crippen LogP) is 2.42. The van der Waals surface area contributed by atoms with Crippen molar-refractivity contribution in [3.05, 3.63) is 54.5 Å². The van der Waals surface area contributed by atoms with Gasteiger partial charge >= 0.3 is 0 Å². The molecule has 9 nitrogen and oxygen atoms in total. The van der Waals surface area contributed by atoms with E-state index in [0.29, 0.717) is 24.7 Å². The quantitative estimate of drug-likeness (QED) is 0.577. The molecular weight excluding hydrogens is 423 g/mol. The number of hydrogen-bond donors (Lipinski definition) is 1. The summed E-state index contributed by atoms with van der Waals surface area (Å²) in [5, 5.41) is 2.78. The molecule has 10 heteroatoms. The minimum atomic E-state index is -1.25. The average molecular weight is 451 g/mol. The number of amides is 1. The number of fused-ring (bicyclic) bond motifs is 1. The minimum Gasteiger partial charge on any atom is -0.355 e. The molecule has 0 bridgehead atoms. The maximum Gasteiger partial charge on any atom is 0.277 e. The Balaban J connectivity index is 1.16. The van der Waals surface area contributed by atoms with Gasteiger partial charge in [-0.05, 0) is 20.3 Å². The van der Waals surface area contributed by atoms with Crippen LogP contribution in [-0.4, -0.2) is 73.5 Å². The van der Waals surface area contributed by atoms with Gasteiger partial charge in [-0.1, -0.05) is 12.7 Å². The zero-order valence-electron chi connectivity index (χ0n) is 18.8. The van der Waals surface area contributed by atoms with Crippen LogP contribution in [0.3, 0.4) is 0 Å². The number of nitrogens with zero attached hydrogens (tertiary/aromatic N) is 7. The summed E-state index contributed by atoms with van der Waals surface area (Å²) in [6.07, 6.45) is 8.66. The van der Waals surface area contributed by atoms with Crippen LogP contribution in [0.5, 0.6) is 0 Å². The van der Waals surface area contributed by atoms with Gasteiger partial charge in [-0.3, -0.25) is 9.69 Å². The van der Waals surface area contributed by atoms with Crippen LogP contribution >= 0.6 is 0 Å². The van der Waals surface area contributed by atoms with E-state index in [9.17, 15) is 9.18 Å². The highest BCUT2D eigenvalue weighted by atomic mass is 19.1. The summed E-state index contributed by atoms with van der Waals surface area (Å²) >= 11 is 0. The summed E-state index contributed by atoms with van der Waals surface area (Å²) in [6, 6.07) is 0. The number of hydrogen-bond acceptors (Lipinski definition) is 7. The number of rotatable bonds is 6. The SMILES string of the molecule is C=C[C@]1(F)CCN(CC2CN(c3cnc(C(=O)Nc4cn5cc(C)nc5c(C)n4)cn3)C2)C1. The molecule has 2 fully saturated rings. The number of halogens is 1. The third-order valence-corrected chi connectivity index (χ3v) is 6.33. The molecule has 2 aliphatic rings. The van der Waals surface area contributed by atoms with Crippen molar-refractivity contribution < 1.29 is 9.18 Å². The van der Waals surface area contributed by atoms with E-state index in [1.165, 1.54) is 12.3 Å². The van der Waals surface area contributed by atoms with Gasteiger partial charge in [0.05, 0.1) is 30.0 Å². The molecule has 5 rings (SSSR count). The van der Waals surface area contributed by atoms with E-state index in [1.54, 1.807) is 12.4 Å². The first-order chi connectivity index (χ1) is 15.8. The third-order valence-electron chi connectivity index (χ3n) is 6.33. The Morgan fingerprint density at radius 2 is 2.09 bits per heavy atom. The number of alkyl halides is 1. The second kappa shape index (κ2) is 8.18. The topological polar surface area (TPSA) is 91.5 Å². The van der Waals surface area contributed by atoms with Gasteiger partial charge in [0.25, 0.3) is 5.91 Å². The minimum absolute atomic E-state index is 0.220. The van der Waals surface area contributed by atoms with E-state index >= 15 is 0 Å². The molecule has 1 amide bonds. The Labute approximate surface area is 191 Å². The largest absolute Gasteiger partial charge is 0.355 e. The molecule has 3 aromatic heterocycles. The standard InChI is InChI=1S/C23H27FN8O/c1-4-23(24)5-6-30(14-23)10-17-11-31(12-17)20-8-25-18(7-26-20)22(33)29-19-13-32-9-15(2)27-21(32)16(3)28-19/h4,7-9,13,17H,1,5-6,10-12,14H2,2-3H3,(H,29,33)/t23-/m0/s1. The fourth-order valence-corrected chi connectivity index (χ4v) is 4.55. The fourth-order valence-electron chi connectivity index (χ4n) is 4.55. The van der Waals surface area contributed by atoms with E-state index in [4.69, 9.17) is 0 Å². The maximum atomic E-state index is 14.3. The van der Waals surface area contributed by atoms with Crippen LogP contribution in [0.15, 0.2) is 37.4 Å². The molecule has 0 spiro atoms. The second-order valence-corrected chi connectivity index (χ2v) is 9.03. The van der Waals surface area contributed by atoms with E-state index in [-0.39, 0.29) is 11.6 Å². The van der Waals surface area contributed by atoms with Crippen LogP contribution < -0.4 is 10.2 Å². The zero-order valence-corrected chi connectivity index (χ0v) is 18.8. The van der Waals surface area contributed by atoms with Gasteiger partial charge in [0, 0.05) is 44.8 Å². The number of aromatic nitrogens is 5. The van der Waals surface area contributed by atoms with Crippen molar-refractivity contribution in [1.29, 1.82) is 0 Å². The molecule has 0 unspecified atom stereocenters. The summed E-state index contributed by atoms with van der Waals surface area (Å²) in [4.78, 5) is 34.4. The molecule has 2 saturated heterocycles. The molecule has 2 aliphatic heterocycles. The number of carbonyl (C=O) groups is 1. The Bertz CT molecular complexity index is 1200. The van der Waals surface area contributed by atoms with Crippen LogP contribution in [-0.2, 0) is 0 Å². The lowest BCUT2D eigenvalue weighted by molar-refractivity contribution is 0.102. The van der Waals surface area contributed by atoms with Gasteiger partial charge in [0.1, 0.15) is 23.0 Å². The van der Waals surface area contributed by atoms with Crippen molar-refractivity contribution >= 4 is 23.2 Å². The molecule has 0 aliphatic carbocycles. The molecule has 172 valence electrons. The van der Waals surface area contributed by atoms with Gasteiger partial charge in [0.2, 0.25) is 0 Å². The van der Waals surface area contributed by atoms with Gasteiger partial charge < -0.3 is 14.6 Å². The van der Waals surface area contributed by atoms with Crippen molar-refractivity contribution in [3.8, 4) is 0 Å². The van der Waals surface area contributed by atoms with Crippen molar-refractivity contribution in [2.75, 3.05) is 42.9 Å². The van der Waals surface area contributed by atoms with Crippen LogP contribution in [0.4, 0.5) is 16.0 Å². The molecule has 0 radical (unpaired) electrons. The van der Waals surface area contributed by atoms with Crippen LogP contribution in [0.1, 0.15) is 28.3 Å².